The molecule has 2 nitrogen and oxygen atoms in total. The molecule has 0 saturated carbocycles. The zero-order chi connectivity index (χ0) is 16.8. The summed E-state index contributed by atoms with van der Waals surface area (Å²) in [6, 6.07) is 17.8. The molecule has 1 aliphatic rings. The maximum atomic E-state index is 9.63. The van der Waals surface area contributed by atoms with Gasteiger partial charge in [0.2, 0.25) is 0 Å². The fourth-order valence-electron chi connectivity index (χ4n) is 3.22. The van der Waals surface area contributed by atoms with Gasteiger partial charge in [0.15, 0.2) is 0 Å². The fourth-order valence-corrected chi connectivity index (χ4v) is 3.22. The molecule has 0 saturated heterocycles. The number of rotatable bonds is 6. The van der Waals surface area contributed by atoms with Crippen LogP contribution in [0.4, 0.5) is 0 Å². The van der Waals surface area contributed by atoms with Crippen LogP contribution in [0.2, 0.25) is 0 Å². The molecule has 0 spiro atoms. The van der Waals surface area contributed by atoms with Crippen molar-refractivity contribution in [2.24, 2.45) is 0 Å². The quantitative estimate of drug-likeness (QED) is 0.809. The predicted octanol–water partition coefficient (Wildman–Crippen LogP) is 4.72. The van der Waals surface area contributed by atoms with Crippen molar-refractivity contribution in [1.29, 1.82) is 0 Å². The van der Waals surface area contributed by atoms with Gasteiger partial charge in [-0.2, -0.15) is 0 Å². The summed E-state index contributed by atoms with van der Waals surface area (Å²) in [5.41, 5.74) is 4.88. The standard InChI is InChI=1S/C22H22O2/c23-16-6-11-21(17-7-4-5-8-17)22(18-9-2-1-3-10-18)19-12-14-20(24)15-13-19/h1-5,7-10,12-15,22-24H,6,11,16H2. The summed E-state index contributed by atoms with van der Waals surface area (Å²) < 4.78 is 0. The highest BCUT2D eigenvalue weighted by Gasteiger charge is 2.21. The molecular weight excluding hydrogens is 296 g/mol. The number of aliphatic hydroxyl groups is 1. The number of phenolic OH excluding ortho intramolecular Hbond substituents is 1. The van der Waals surface area contributed by atoms with Gasteiger partial charge in [-0.15, -0.1) is 0 Å². The summed E-state index contributed by atoms with van der Waals surface area (Å²) in [7, 11) is 0. The highest BCUT2D eigenvalue weighted by Crippen LogP contribution is 2.38. The van der Waals surface area contributed by atoms with E-state index >= 15 is 0 Å². The van der Waals surface area contributed by atoms with Crippen molar-refractivity contribution in [3.05, 3.63) is 101 Å². The van der Waals surface area contributed by atoms with E-state index in [1.807, 2.05) is 30.4 Å². The van der Waals surface area contributed by atoms with Gasteiger partial charge in [-0.1, -0.05) is 72.3 Å². The summed E-state index contributed by atoms with van der Waals surface area (Å²) in [5, 5.41) is 19.0. The number of benzene rings is 2. The predicted molar refractivity (Wildman–Crippen MR) is 98.0 cm³/mol. The molecule has 1 aliphatic carbocycles. The highest BCUT2D eigenvalue weighted by atomic mass is 16.3. The molecule has 0 amide bonds. The molecule has 2 aromatic rings. The maximum Gasteiger partial charge on any atom is 0.115 e. The maximum absolute atomic E-state index is 9.63. The van der Waals surface area contributed by atoms with Crippen molar-refractivity contribution >= 4 is 0 Å². The average molecular weight is 318 g/mol. The van der Waals surface area contributed by atoms with Crippen LogP contribution >= 0.6 is 0 Å². The Morgan fingerprint density at radius 3 is 2.08 bits per heavy atom. The van der Waals surface area contributed by atoms with Crippen LogP contribution in [0.25, 0.3) is 0 Å². The summed E-state index contributed by atoms with van der Waals surface area (Å²) in [4.78, 5) is 0. The molecule has 2 N–H and O–H groups in total. The lowest BCUT2D eigenvalue weighted by atomic mass is 9.80. The third kappa shape index (κ3) is 3.66. The Hall–Kier alpha value is -2.58. The first-order chi connectivity index (χ1) is 11.8. The van der Waals surface area contributed by atoms with Crippen LogP contribution in [0.5, 0.6) is 5.75 Å². The lowest BCUT2D eigenvalue weighted by molar-refractivity contribution is 0.288. The Morgan fingerprint density at radius 2 is 1.46 bits per heavy atom. The summed E-state index contributed by atoms with van der Waals surface area (Å²) in [6.07, 6.45) is 9.93. The Balaban J connectivity index is 2.11. The van der Waals surface area contributed by atoms with E-state index in [4.69, 9.17) is 0 Å². The molecule has 1 atom stereocenters. The average Bonchev–Trinajstić information content (AvgIpc) is 3.15. The zero-order valence-corrected chi connectivity index (χ0v) is 13.6. The van der Waals surface area contributed by atoms with Crippen molar-refractivity contribution in [2.45, 2.75) is 18.8 Å². The van der Waals surface area contributed by atoms with Crippen LogP contribution in [0, 0.1) is 0 Å². The Morgan fingerprint density at radius 1 is 0.833 bits per heavy atom. The number of hydrogen-bond donors (Lipinski definition) is 2. The van der Waals surface area contributed by atoms with Crippen molar-refractivity contribution in [2.75, 3.05) is 6.61 Å². The topological polar surface area (TPSA) is 40.5 Å². The monoisotopic (exact) mass is 318 g/mol. The van der Waals surface area contributed by atoms with E-state index in [0.717, 1.165) is 18.4 Å². The van der Waals surface area contributed by atoms with E-state index in [1.54, 1.807) is 12.1 Å². The molecule has 24 heavy (non-hydrogen) atoms. The molecule has 0 aromatic heterocycles. The summed E-state index contributed by atoms with van der Waals surface area (Å²) in [5.74, 6) is 0.386. The smallest absolute Gasteiger partial charge is 0.115 e. The minimum atomic E-state index is 0.112. The summed E-state index contributed by atoms with van der Waals surface area (Å²) >= 11 is 0. The second kappa shape index (κ2) is 7.80. The summed E-state index contributed by atoms with van der Waals surface area (Å²) in [6.45, 7) is 0.182. The lowest BCUT2D eigenvalue weighted by Crippen LogP contribution is -2.07. The van der Waals surface area contributed by atoms with Crippen molar-refractivity contribution < 1.29 is 10.2 Å². The number of phenols is 1. The zero-order valence-electron chi connectivity index (χ0n) is 13.6. The molecule has 0 fully saturated rings. The van der Waals surface area contributed by atoms with Gasteiger partial charge in [-0.25, -0.2) is 0 Å². The van der Waals surface area contributed by atoms with E-state index in [-0.39, 0.29) is 18.3 Å². The fraction of sp³-hybridized carbons (Fsp3) is 0.182. The van der Waals surface area contributed by atoms with Crippen LogP contribution in [-0.4, -0.2) is 16.8 Å². The molecular formula is C22H22O2. The molecule has 0 aliphatic heterocycles. The molecule has 1 unspecified atom stereocenters. The largest absolute Gasteiger partial charge is 0.508 e. The van der Waals surface area contributed by atoms with Gasteiger partial charge in [-0.3, -0.25) is 0 Å². The lowest BCUT2D eigenvalue weighted by Gasteiger charge is -2.23. The van der Waals surface area contributed by atoms with Gasteiger partial charge >= 0.3 is 0 Å². The van der Waals surface area contributed by atoms with Gasteiger partial charge in [-0.05, 0) is 41.7 Å². The van der Waals surface area contributed by atoms with Crippen LogP contribution in [-0.2, 0) is 0 Å². The normalized spacial score (nSPS) is 14.1. The van der Waals surface area contributed by atoms with Crippen LogP contribution in [0.3, 0.4) is 0 Å². The SMILES string of the molecule is OCCCC(=C1C=CC=C1)C(c1ccccc1)c1ccc(O)cc1. The molecule has 0 bridgehead atoms. The van der Waals surface area contributed by atoms with E-state index in [9.17, 15) is 10.2 Å². The number of aromatic hydroxyl groups is 1. The van der Waals surface area contributed by atoms with E-state index < -0.39 is 0 Å². The number of aliphatic hydroxyl groups excluding tert-OH is 1. The van der Waals surface area contributed by atoms with Gasteiger partial charge in [0, 0.05) is 12.5 Å². The van der Waals surface area contributed by atoms with Crippen molar-refractivity contribution in [3.63, 3.8) is 0 Å². The minimum Gasteiger partial charge on any atom is -0.508 e. The highest BCUT2D eigenvalue weighted by molar-refractivity contribution is 5.51. The molecule has 0 heterocycles. The second-order valence-electron chi connectivity index (χ2n) is 5.96. The van der Waals surface area contributed by atoms with Crippen LogP contribution in [0.1, 0.15) is 29.9 Å². The van der Waals surface area contributed by atoms with Gasteiger partial charge in [0.25, 0.3) is 0 Å². The van der Waals surface area contributed by atoms with Gasteiger partial charge in [0.05, 0.1) is 0 Å². The molecule has 0 radical (unpaired) electrons. The Kier molecular flexibility index (Phi) is 5.29. The van der Waals surface area contributed by atoms with E-state index in [0.29, 0.717) is 0 Å². The number of hydrogen-bond acceptors (Lipinski definition) is 2. The van der Waals surface area contributed by atoms with Crippen molar-refractivity contribution in [3.8, 4) is 5.75 Å². The minimum absolute atomic E-state index is 0.112. The van der Waals surface area contributed by atoms with Crippen molar-refractivity contribution in [1.82, 2.24) is 0 Å². The van der Waals surface area contributed by atoms with Gasteiger partial charge < -0.3 is 10.2 Å². The van der Waals surface area contributed by atoms with E-state index in [2.05, 4.69) is 36.4 Å². The van der Waals surface area contributed by atoms with Crippen LogP contribution < -0.4 is 0 Å². The van der Waals surface area contributed by atoms with Gasteiger partial charge in [0.1, 0.15) is 5.75 Å². The first kappa shape index (κ1) is 16.3. The first-order valence-electron chi connectivity index (χ1n) is 8.32. The second-order valence-corrected chi connectivity index (χ2v) is 5.96. The van der Waals surface area contributed by atoms with E-state index in [1.165, 1.54) is 16.7 Å². The molecule has 122 valence electrons. The van der Waals surface area contributed by atoms with Crippen LogP contribution in [0.15, 0.2) is 90.0 Å². The molecule has 2 aromatic carbocycles. The number of allylic oxidation sites excluding steroid dienone is 6. The Bertz CT molecular complexity index is 738. The Labute approximate surface area is 143 Å². The molecule has 2 heteroatoms. The first-order valence-corrected chi connectivity index (χ1v) is 8.32. The third-order valence-electron chi connectivity index (χ3n) is 4.35. The third-order valence-corrected chi connectivity index (χ3v) is 4.35. The molecule has 3 rings (SSSR count).